The van der Waals surface area contributed by atoms with E-state index in [9.17, 15) is 9.59 Å². The highest BCUT2D eigenvalue weighted by atomic mass is 35.5. The van der Waals surface area contributed by atoms with E-state index in [1.54, 1.807) is 29.2 Å². The van der Waals surface area contributed by atoms with Gasteiger partial charge in [0.25, 0.3) is 0 Å². The van der Waals surface area contributed by atoms with Crippen molar-refractivity contribution in [3.8, 4) is 0 Å². The van der Waals surface area contributed by atoms with Crippen molar-refractivity contribution in [1.82, 2.24) is 4.90 Å². The highest BCUT2D eigenvalue weighted by Crippen LogP contribution is 2.17. The average molecular weight is 283 g/mol. The lowest BCUT2D eigenvalue weighted by Crippen LogP contribution is -2.40. The standard InChI is InChI=1S/C13H15ClN2O3/c14-9-3-5-10(6-4-9)15-12(17)8-16-7-1-2-11(16)13(18)19/h3-6,11H,1-2,7-8H2,(H,15,17)(H,18,19)/t11-/m1/s1. The van der Waals surface area contributed by atoms with Gasteiger partial charge in [0.1, 0.15) is 6.04 Å². The predicted molar refractivity (Wildman–Crippen MR) is 72.3 cm³/mol. The molecule has 1 saturated heterocycles. The number of amides is 1. The third kappa shape index (κ3) is 3.68. The number of hydrogen-bond donors (Lipinski definition) is 2. The van der Waals surface area contributed by atoms with E-state index in [0.29, 0.717) is 23.7 Å². The van der Waals surface area contributed by atoms with Gasteiger partial charge in [-0.1, -0.05) is 11.6 Å². The molecule has 1 aromatic rings. The lowest BCUT2D eigenvalue weighted by Gasteiger charge is -2.20. The first-order valence-electron chi connectivity index (χ1n) is 6.08. The van der Waals surface area contributed by atoms with Crippen LogP contribution in [0.3, 0.4) is 0 Å². The maximum absolute atomic E-state index is 11.8. The second kappa shape index (κ2) is 6.04. The molecule has 1 fully saturated rings. The van der Waals surface area contributed by atoms with Crippen LogP contribution in [0.1, 0.15) is 12.8 Å². The summed E-state index contributed by atoms with van der Waals surface area (Å²) in [4.78, 5) is 24.5. The number of nitrogens with one attached hydrogen (secondary N) is 1. The molecular formula is C13H15ClN2O3. The molecule has 5 nitrogen and oxygen atoms in total. The van der Waals surface area contributed by atoms with Crippen molar-refractivity contribution in [1.29, 1.82) is 0 Å². The Kier molecular flexibility index (Phi) is 4.39. The smallest absolute Gasteiger partial charge is 0.320 e. The van der Waals surface area contributed by atoms with Gasteiger partial charge in [-0.05, 0) is 43.7 Å². The molecule has 0 aromatic heterocycles. The van der Waals surface area contributed by atoms with Gasteiger partial charge in [-0.2, -0.15) is 0 Å². The summed E-state index contributed by atoms with van der Waals surface area (Å²) in [5, 5.41) is 12.4. The van der Waals surface area contributed by atoms with Crippen molar-refractivity contribution < 1.29 is 14.7 Å². The molecule has 1 aliphatic heterocycles. The van der Waals surface area contributed by atoms with E-state index in [4.69, 9.17) is 16.7 Å². The maximum Gasteiger partial charge on any atom is 0.320 e. The zero-order valence-corrected chi connectivity index (χ0v) is 11.1. The molecule has 1 amide bonds. The summed E-state index contributed by atoms with van der Waals surface area (Å²) < 4.78 is 0. The van der Waals surface area contributed by atoms with Crippen LogP contribution in [0.25, 0.3) is 0 Å². The van der Waals surface area contributed by atoms with Crippen molar-refractivity contribution >= 4 is 29.2 Å². The second-order valence-corrected chi connectivity index (χ2v) is 4.96. The fraction of sp³-hybridized carbons (Fsp3) is 0.385. The Morgan fingerprint density at radius 1 is 1.37 bits per heavy atom. The van der Waals surface area contributed by atoms with Gasteiger partial charge in [0.2, 0.25) is 5.91 Å². The molecule has 0 unspecified atom stereocenters. The average Bonchev–Trinajstić information content (AvgIpc) is 2.80. The number of carbonyl (C=O) groups excluding carboxylic acids is 1. The summed E-state index contributed by atoms with van der Waals surface area (Å²) in [5.41, 5.74) is 0.653. The molecule has 1 aromatic carbocycles. The monoisotopic (exact) mass is 282 g/mol. The van der Waals surface area contributed by atoms with Gasteiger partial charge in [-0.25, -0.2) is 0 Å². The Morgan fingerprint density at radius 3 is 2.68 bits per heavy atom. The molecule has 1 heterocycles. The van der Waals surface area contributed by atoms with Crippen LogP contribution in [0, 0.1) is 0 Å². The first kappa shape index (κ1) is 13.8. The third-order valence-electron chi connectivity index (χ3n) is 3.12. The van der Waals surface area contributed by atoms with Gasteiger partial charge in [-0.15, -0.1) is 0 Å². The van der Waals surface area contributed by atoms with Gasteiger partial charge >= 0.3 is 5.97 Å². The number of aliphatic carboxylic acids is 1. The molecule has 6 heteroatoms. The molecule has 19 heavy (non-hydrogen) atoms. The number of carbonyl (C=O) groups is 2. The molecular weight excluding hydrogens is 268 g/mol. The van der Waals surface area contributed by atoms with E-state index in [1.165, 1.54) is 0 Å². The predicted octanol–water partition coefficient (Wildman–Crippen LogP) is 1.83. The van der Waals surface area contributed by atoms with Crippen LogP contribution in [0.4, 0.5) is 5.69 Å². The molecule has 0 saturated carbocycles. The Bertz CT molecular complexity index is 475. The van der Waals surface area contributed by atoms with Crippen LogP contribution >= 0.6 is 11.6 Å². The van der Waals surface area contributed by atoms with E-state index in [2.05, 4.69) is 5.32 Å². The highest BCUT2D eigenvalue weighted by molar-refractivity contribution is 6.30. The number of halogens is 1. The van der Waals surface area contributed by atoms with Crippen LogP contribution in [0.15, 0.2) is 24.3 Å². The molecule has 0 bridgehead atoms. The summed E-state index contributed by atoms with van der Waals surface area (Å²) in [5.74, 6) is -1.08. The Balaban J connectivity index is 1.90. The minimum Gasteiger partial charge on any atom is -0.480 e. The number of hydrogen-bond acceptors (Lipinski definition) is 3. The quantitative estimate of drug-likeness (QED) is 0.884. The summed E-state index contributed by atoms with van der Waals surface area (Å²) in [6.45, 7) is 0.741. The summed E-state index contributed by atoms with van der Waals surface area (Å²) in [7, 11) is 0. The van der Waals surface area contributed by atoms with Crippen molar-refractivity contribution in [3.05, 3.63) is 29.3 Å². The molecule has 0 aliphatic carbocycles. The topological polar surface area (TPSA) is 69.6 Å². The number of nitrogens with zero attached hydrogens (tertiary/aromatic N) is 1. The SMILES string of the molecule is O=C(CN1CCC[C@@H]1C(=O)O)Nc1ccc(Cl)cc1. The van der Waals surface area contributed by atoms with E-state index in [-0.39, 0.29) is 12.5 Å². The largest absolute Gasteiger partial charge is 0.480 e. The minimum atomic E-state index is -0.864. The lowest BCUT2D eigenvalue weighted by molar-refractivity contribution is -0.142. The maximum atomic E-state index is 11.8. The van der Waals surface area contributed by atoms with Crippen molar-refractivity contribution in [3.63, 3.8) is 0 Å². The molecule has 1 atom stereocenters. The van der Waals surface area contributed by atoms with Crippen molar-refractivity contribution in [2.75, 3.05) is 18.4 Å². The first-order valence-corrected chi connectivity index (χ1v) is 6.46. The Labute approximate surface area is 116 Å². The Morgan fingerprint density at radius 2 is 2.05 bits per heavy atom. The van der Waals surface area contributed by atoms with Gasteiger partial charge in [-0.3, -0.25) is 14.5 Å². The van der Waals surface area contributed by atoms with Crippen LogP contribution in [0.2, 0.25) is 5.02 Å². The van der Waals surface area contributed by atoms with E-state index in [0.717, 1.165) is 6.42 Å². The molecule has 0 spiro atoms. The summed E-state index contributed by atoms with van der Waals surface area (Å²) >= 11 is 5.75. The molecule has 102 valence electrons. The van der Waals surface area contributed by atoms with Gasteiger partial charge in [0, 0.05) is 10.7 Å². The fourth-order valence-corrected chi connectivity index (χ4v) is 2.34. The number of carboxylic acid groups (broad SMARTS) is 1. The van der Waals surface area contributed by atoms with Crippen LogP contribution in [0.5, 0.6) is 0 Å². The fourth-order valence-electron chi connectivity index (χ4n) is 2.21. The molecule has 1 aliphatic rings. The zero-order chi connectivity index (χ0) is 13.8. The van der Waals surface area contributed by atoms with E-state index >= 15 is 0 Å². The van der Waals surface area contributed by atoms with Crippen LogP contribution < -0.4 is 5.32 Å². The second-order valence-electron chi connectivity index (χ2n) is 4.52. The van der Waals surface area contributed by atoms with Gasteiger partial charge in [0.05, 0.1) is 6.54 Å². The summed E-state index contributed by atoms with van der Waals surface area (Å²) in [6.07, 6.45) is 1.41. The molecule has 2 N–H and O–H groups in total. The number of benzene rings is 1. The zero-order valence-electron chi connectivity index (χ0n) is 10.3. The van der Waals surface area contributed by atoms with E-state index < -0.39 is 12.0 Å². The van der Waals surface area contributed by atoms with Gasteiger partial charge < -0.3 is 10.4 Å². The minimum absolute atomic E-state index is 0.0968. The normalized spacial score (nSPS) is 19.3. The lowest BCUT2D eigenvalue weighted by atomic mass is 10.2. The third-order valence-corrected chi connectivity index (χ3v) is 3.38. The summed E-state index contributed by atoms with van der Waals surface area (Å²) in [6, 6.07) is 6.24. The number of rotatable bonds is 4. The van der Waals surface area contributed by atoms with Crippen molar-refractivity contribution in [2.45, 2.75) is 18.9 Å². The highest BCUT2D eigenvalue weighted by Gasteiger charge is 2.31. The molecule has 0 radical (unpaired) electrons. The Hall–Kier alpha value is -1.59. The van der Waals surface area contributed by atoms with Crippen LogP contribution in [-0.2, 0) is 9.59 Å². The molecule has 2 rings (SSSR count). The van der Waals surface area contributed by atoms with Crippen molar-refractivity contribution in [2.24, 2.45) is 0 Å². The van der Waals surface area contributed by atoms with E-state index in [1.807, 2.05) is 0 Å². The number of anilines is 1. The first-order chi connectivity index (χ1) is 9.06. The number of carboxylic acids is 1. The number of likely N-dealkylation sites (tertiary alicyclic amines) is 1. The van der Waals surface area contributed by atoms with Gasteiger partial charge in [0.15, 0.2) is 0 Å². The van der Waals surface area contributed by atoms with Crippen LogP contribution in [-0.4, -0.2) is 41.0 Å².